The summed E-state index contributed by atoms with van der Waals surface area (Å²) in [5.41, 5.74) is 0.375. The Labute approximate surface area is 116 Å². The van der Waals surface area contributed by atoms with Crippen molar-refractivity contribution >= 4 is 11.6 Å². The predicted octanol–water partition coefficient (Wildman–Crippen LogP) is 3.67. The number of benzene rings is 1. The standard InChI is InChI=1S/C14H16ClFN2O/c1-9(2)17-6-5-14-18-8-13(19-14)11-4-3-10(15)7-12(11)16/h3-4,7-9,17H,5-6H2,1-2H3. The van der Waals surface area contributed by atoms with E-state index in [1.807, 2.05) is 0 Å². The minimum Gasteiger partial charge on any atom is -0.441 e. The molecule has 0 unspecified atom stereocenters. The van der Waals surface area contributed by atoms with E-state index in [1.165, 1.54) is 12.3 Å². The van der Waals surface area contributed by atoms with Crippen molar-refractivity contribution in [2.75, 3.05) is 6.54 Å². The molecule has 0 fully saturated rings. The highest BCUT2D eigenvalue weighted by Gasteiger charge is 2.11. The van der Waals surface area contributed by atoms with Gasteiger partial charge in [0, 0.05) is 24.0 Å². The highest BCUT2D eigenvalue weighted by atomic mass is 35.5. The molecule has 0 aliphatic carbocycles. The number of nitrogens with one attached hydrogen (secondary N) is 1. The first-order chi connectivity index (χ1) is 9.06. The molecule has 19 heavy (non-hydrogen) atoms. The second kappa shape index (κ2) is 6.17. The first kappa shape index (κ1) is 14.0. The smallest absolute Gasteiger partial charge is 0.196 e. The van der Waals surface area contributed by atoms with Gasteiger partial charge in [0.2, 0.25) is 0 Å². The minimum atomic E-state index is -0.407. The Morgan fingerprint density at radius 2 is 2.21 bits per heavy atom. The van der Waals surface area contributed by atoms with Crippen LogP contribution in [-0.4, -0.2) is 17.6 Å². The third-order valence-corrected chi connectivity index (χ3v) is 2.88. The van der Waals surface area contributed by atoms with Gasteiger partial charge in [-0.05, 0) is 18.2 Å². The molecule has 3 nitrogen and oxygen atoms in total. The second-order valence-corrected chi connectivity index (χ2v) is 5.04. The molecule has 0 saturated carbocycles. The van der Waals surface area contributed by atoms with E-state index < -0.39 is 5.82 Å². The van der Waals surface area contributed by atoms with E-state index in [2.05, 4.69) is 24.1 Å². The van der Waals surface area contributed by atoms with Crippen molar-refractivity contribution in [2.24, 2.45) is 0 Å². The molecule has 1 heterocycles. The van der Waals surface area contributed by atoms with Crippen LogP contribution in [0.25, 0.3) is 11.3 Å². The Hall–Kier alpha value is -1.39. The van der Waals surface area contributed by atoms with Crippen LogP contribution in [0.2, 0.25) is 5.02 Å². The van der Waals surface area contributed by atoms with Crippen LogP contribution in [0.3, 0.4) is 0 Å². The number of aromatic nitrogens is 1. The Bertz CT molecular complexity index is 554. The molecule has 0 aliphatic heterocycles. The lowest BCUT2D eigenvalue weighted by Crippen LogP contribution is -2.24. The van der Waals surface area contributed by atoms with Crippen molar-refractivity contribution in [3.63, 3.8) is 0 Å². The Kier molecular flexibility index (Phi) is 4.56. The maximum Gasteiger partial charge on any atom is 0.196 e. The van der Waals surface area contributed by atoms with E-state index in [0.717, 1.165) is 6.54 Å². The van der Waals surface area contributed by atoms with Gasteiger partial charge in [0.05, 0.1) is 11.8 Å². The van der Waals surface area contributed by atoms with Gasteiger partial charge in [0.1, 0.15) is 5.82 Å². The first-order valence-electron chi connectivity index (χ1n) is 6.20. The Balaban J connectivity index is 2.08. The number of nitrogens with zero attached hydrogens (tertiary/aromatic N) is 1. The Morgan fingerprint density at radius 3 is 2.89 bits per heavy atom. The van der Waals surface area contributed by atoms with Gasteiger partial charge in [-0.15, -0.1) is 0 Å². The number of hydrogen-bond donors (Lipinski definition) is 1. The van der Waals surface area contributed by atoms with Gasteiger partial charge >= 0.3 is 0 Å². The lowest BCUT2D eigenvalue weighted by atomic mass is 10.2. The summed E-state index contributed by atoms with van der Waals surface area (Å²) < 4.78 is 19.3. The van der Waals surface area contributed by atoms with Crippen molar-refractivity contribution in [1.82, 2.24) is 10.3 Å². The maximum absolute atomic E-state index is 13.7. The Morgan fingerprint density at radius 1 is 1.42 bits per heavy atom. The number of oxazole rings is 1. The van der Waals surface area contributed by atoms with Gasteiger partial charge < -0.3 is 9.73 Å². The van der Waals surface area contributed by atoms with Crippen LogP contribution in [0.5, 0.6) is 0 Å². The van der Waals surface area contributed by atoms with Crippen LogP contribution in [0.1, 0.15) is 19.7 Å². The molecule has 2 rings (SSSR count). The van der Waals surface area contributed by atoms with E-state index >= 15 is 0 Å². The predicted molar refractivity (Wildman–Crippen MR) is 73.7 cm³/mol. The molecule has 2 aromatic rings. The average Bonchev–Trinajstić information content (AvgIpc) is 2.77. The zero-order chi connectivity index (χ0) is 13.8. The molecule has 1 N–H and O–H groups in total. The summed E-state index contributed by atoms with van der Waals surface area (Å²) in [5, 5.41) is 3.63. The summed E-state index contributed by atoms with van der Waals surface area (Å²) in [7, 11) is 0. The fourth-order valence-electron chi connectivity index (χ4n) is 1.71. The number of rotatable bonds is 5. The molecule has 1 aromatic carbocycles. The lowest BCUT2D eigenvalue weighted by Gasteiger charge is -2.05. The fraction of sp³-hybridized carbons (Fsp3) is 0.357. The molecule has 5 heteroatoms. The maximum atomic E-state index is 13.7. The normalized spacial score (nSPS) is 11.2. The van der Waals surface area contributed by atoms with E-state index in [0.29, 0.717) is 34.7 Å². The van der Waals surface area contributed by atoms with Crippen molar-refractivity contribution < 1.29 is 8.81 Å². The molecule has 0 radical (unpaired) electrons. The van der Waals surface area contributed by atoms with E-state index in [-0.39, 0.29) is 0 Å². The largest absolute Gasteiger partial charge is 0.441 e. The van der Waals surface area contributed by atoms with Crippen molar-refractivity contribution in [3.8, 4) is 11.3 Å². The molecule has 0 saturated heterocycles. The van der Waals surface area contributed by atoms with E-state index in [1.54, 1.807) is 12.1 Å². The summed E-state index contributed by atoms with van der Waals surface area (Å²) in [6.07, 6.45) is 2.21. The SMILES string of the molecule is CC(C)NCCc1ncc(-c2ccc(Cl)cc2F)o1. The summed E-state index contributed by atoms with van der Waals surface area (Å²) >= 11 is 5.71. The summed E-state index contributed by atoms with van der Waals surface area (Å²) in [5.74, 6) is 0.613. The van der Waals surface area contributed by atoms with Crippen LogP contribution in [0, 0.1) is 5.82 Å². The quantitative estimate of drug-likeness (QED) is 0.909. The van der Waals surface area contributed by atoms with Crippen molar-refractivity contribution in [3.05, 3.63) is 41.1 Å². The molecular weight excluding hydrogens is 267 g/mol. The van der Waals surface area contributed by atoms with Crippen LogP contribution in [0.4, 0.5) is 4.39 Å². The third kappa shape index (κ3) is 3.78. The van der Waals surface area contributed by atoms with Crippen LogP contribution < -0.4 is 5.32 Å². The highest BCUT2D eigenvalue weighted by Crippen LogP contribution is 2.25. The second-order valence-electron chi connectivity index (χ2n) is 4.60. The van der Waals surface area contributed by atoms with Gasteiger partial charge in [-0.3, -0.25) is 0 Å². The molecule has 1 aromatic heterocycles. The third-order valence-electron chi connectivity index (χ3n) is 2.64. The monoisotopic (exact) mass is 282 g/mol. The zero-order valence-corrected chi connectivity index (χ0v) is 11.7. The summed E-state index contributed by atoms with van der Waals surface area (Å²) in [4.78, 5) is 4.15. The molecule has 0 aliphatic rings. The van der Waals surface area contributed by atoms with Gasteiger partial charge in [-0.2, -0.15) is 0 Å². The van der Waals surface area contributed by atoms with Crippen LogP contribution >= 0.6 is 11.6 Å². The summed E-state index contributed by atoms with van der Waals surface area (Å²) in [6.45, 7) is 4.93. The van der Waals surface area contributed by atoms with Gasteiger partial charge in [0.25, 0.3) is 0 Å². The average molecular weight is 283 g/mol. The van der Waals surface area contributed by atoms with Gasteiger partial charge in [0.15, 0.2) is 11.7 Å². The minimum absolute atomic E-state index is 0.363. The van der Waals surface area contributed by atoms with Gasteiger partial charge in [-0.25, -0.2) is 9.37 Å². The van der Waals surface area contributed by atoms with Crippen LogP contribution in [0.15, 0.2) is 28.8 Å². The van der Waals surface area contributed by atoms with Gasteiger partial charge in [-0.1, -0.05) is 25.4 Å². The molecular formula is C14H16ClFN2O. The molecule has 0 spiro atoms. The first-order valence-corrected chi connectivity index (χ1v) is 6.57. The topological polar surface area (TPSA) is 38.1 Å². The van der Waals surface area contributed by atoms with Crippen LogP contribution in [-0.2, 0) is 6.42 Å². The summed E-state index contributed by atoms with van der Waals surface area (Å²) in [6, 6.07) is 4.90. The fourth-order valence-corrected chi connectivity index (χ4v) is 1.87. The van der Waals surface area contributed by atoms with E-state index in [9.17, 15) is 4.39 Å². The van der Waals surface area contributed by atoms with Crippen molar-refractivity contribution in [2.45, 2.75) is 26.3 Å². The number of hydrogen-bond acceptors (Lipinski definition) is 3. The molecule has 102 valence electrons. The highest BCUT2D eigenvalue weighted by molar-refractivity contribution is 6.30. The van der Waals surface area contributed by atoms with Crippen molar-refractivity contribution in [1.29, 1.82) is 0 Å². The number of halogens is 2. The lowest BCUT2D eigenvalue weighted by molar-refractivity contribution is 0.482. The zero-order valence-electron chi connectivity index (χ0n) is 10.9. The molecule has 0 atom stereocenters. The molecule has 0 amide bonds. The van der Waals surface area contributed by atoms with E-state index in [4.69, 9.17) is 16.0 Å². The molecule has 0 bridgehead atoms.